The number of hydrogen-bond donors (Lipinski definition) is 1. The number of fused-ring (bicyclic) bond motifs is 1. The van der Waals surface area contributed by atoms with Gasteiger partial charge in [0.1, 0.15) is 5.82 Å². The van der Waals surface area contributed by atoms with Crippen LogP contribution in [0.5, 0.6) is 0 Å². The molecule has 1 aliphatic carbocycles. The Morgan fingerprint density at radius 1 is 1.24 bits per heavy atom. The molecule has 146 valence electrons. The molecule has 0 spiro atoms. The van der Waals surface area contributed by atoms with Gasteiger partial charge in [-0.15, -0.1) is 10.2 Å². The first kappa shape index (κ1) is 17.5. The maximum Gasteiger partial charge on any atom is 0.261 e. The Labute approximate surface area is 167 Å². The highest BCUT2D eigenvalue weighted by molar-refractivity contribution is 5.92. The predicted octanol–water partition coefficient (Wildman–Crippen LogP) is 3.40. The van der Waals surface area contributed by atoms with E-state index in [-0.39, 0.29) is 12.3 Å². The summed E-state index contributed by atoms with van der Waals surface area (Å²) in [4.78, 5) is 17.0. The lowest BCUT2D eigenvalue weighted by Crippen LogP contribution is -2.16. The van der Waals surface area contributed by atoms with E-state index in [0.29, 0.717) is 28.8 Å². The molecular weight excluding hydrogens is 368 g/mol. The van der Waals surface area contributed by atoms with Gasteiger partial charge >= 0.3 is 0 Å². The van der Waals surface area contributed by atoms with Crippen LogP contribution in [0, 0.1) is 0 Å². The van der Waals surface area contributed by atoms with Crippen molar-refractivity contribution < 1.29 is 9.32 Å². The minimum atomic E-state index is -0.147. The van der Waals surface area contributed by atoms with E-state index in [4.69, 9.17) is 4.52 Å². The number of rotatable bonds is 6. The Morgan fingerprint density at radius 2 is 2.14 bits per heavy atom. The number of amides is 1. The summed E-state index contributed by atoms with van der Waals surface area (Å²) in [6.45, 7) is 2.08. The van der Waals surface area contributed by atoms with Crippen molar-refractivity contribution in [3.63, 3.8) is 0 Å². The lowest BCUT2D eigenvalue weighted by Gasteiger charge is -2.06. The van der Waals surface area contributed by atoms with Crippen LogP contribution in [-0.4, -0.2) is 30.6 Å². The van der Waals surface area contributed by atoms with Crippen molar-refractivity contribution in [2.75, 3.05) is 5.32 Å². The molecule has 1 saturated carbocycles. The van der Waals surface area contributed by atoms with Crippen molar-refractivity contribution in [3.8, 4) is 11.5 Å². The summed E-state index contributed by atoms with van der Waals surface area (Å²) in [5.41, 5.74) is 3.25. The first-order valence-corrected chi connectivity index (χ1v) is 9.76. The van der Waals surface area contributed by atoms with Crippen LogP contribution in [0.15, 0.2) is 47.1 Å². The molecular formula is C21H20N6O2. The van der Waals surface area contributed by atoms with Crippen molar-refractivity contribution in [1.82, 2.24) is 24.7 Å². The van der Waals surface area contributed by atoms with Gasteiger partial charge in [0.15, 0.2) is 11.5 Å². The van der Waals surface area contributed by atoms with Crippen molar-refractivity contribution >= 4 is 17.2 Å². The standard InChI is InChI=1S/C21H20N6O2/c1-2-13-5-3-6-15(11-13)22-18(28)12-17-24-25-20-16(7-4-10-27(17)20)21-23-19(26-29-21)14-8-9-14/h3-7,10-11,14H,2,8-9,12H2,1H3,(H,22,28). The fraction of sp³-hybridized carbons (Fsp3) is 0.286. The molecule has 29 heavy (non-hydrogen) atoms. The van der Waals surface area contributed by atoms with E-state index in [2.05, 4.69) is 32.6 Å². The third-order valence-corrected chi connectivity index (χ3v) is 5.06. The molecule has 0 aliphatic heterocycles. The number of hydrogen-bond acceptors (Lipinski definition) is 6. The normalized spacial score (nSPS) is 13.7. The molecule has 0 atom stereocenters. The van der Waals surface area contributed by atoms with Gasteiger partial charge in [-0.3, -0.25) is 9.20 Å². The zero-order valence-corrected chi connectivity index (χ0v) is 16.0. The van der Waals surface area contributed by atoms with Crippen molar-refractivity contribution in [2.24, 2.45) is 0 Å². The van der Waals surface area contributed by atoms with Crippen molar-refractivity contribution in [1.29, 1.82) is 0 Å². The van der Waals surface area contributed by atoms with E-state index in [9.17, 15) is 4.79 Å². The fourth-order valence-corrected chi connectivity index (χ4v) is 3.32. The van der Waals surface area contributed by atoms with Gasteiger partial charge in [0.2, 0.25) is 5.91 Å². The minimum Gasteiger partial charge on any atom is -0.334 e. The molecule has 8 nitrogen and oxygen atoms in total. The zero-order valence-electron chi connectivity index (χ0n) is 16.0. The van der Waals surface area contributed by atoms with Crippen LogP contribution < -0.4 is 5.32 Å². The summed E-state index contributed by atoms with van der Waals surface area (Å²) in [5, 5.41) is 15.5. The number of aromatic nitrogens is 5. The summed E-state index contributed by atoms with van der Waals surface area (Å²) in [7, 11) is 0. The average Bonchev–Trinajstić information content (AvgIpc) is 3.33. The van der Waals surface area contributed by atoms with Crippen LogP contribution in [0.1, 0.15) is 42.9 Å². The number of nitrogens with zero attached hydrogens (tertiary/aromatic N) is 5. The fourth-order valence-electron chi connectivity index (χ4n) is 3.32. The van der Waals surface area contributed by atoms with Gasteiger partial charge in [-0.05, 0) is 49.1 Å². The van der Waals surface area contributed by atoms with Gasteiger partial charge in [-0.25, -0.2) is 0 Å². The van der Waals surface area contributed by atoms with Gasteiger partial charge in [0, 0.05) is 17.8 Å². The predicted molar refractivity (Wildman–Crippen MR) is 106 cm³/mol. The Balaban J connectivity index is 1.38. The molecule has 5 rings (SSSR count). The second-order valence-electron chi connectivity index (χ2n) is 7.24. The molecule has 0 radical (unpaired) electrons. The molecule has 0 unspecified atom stereocenters. The third-order valence-electron chi connectivity index (χ3n) is 5.06. The molecule has 1 aliphatic rings. The molecule has 1 fully saturated rings. The lowest BCUT2D eigenvalue weighted by molar-refractivity contribution is -0.115. The van der Waals surface area contributed by atoms with Crippen LogP contribution in [0.4, 0.5) is 5.69 Å². The number of nitrogens with one attached hydrogen (secondary N) is 1. The summed E-state index contributed by atoms with van der Waals surface area (Å²) in [6.07, 6.45) is 5.07. The van der Waals surface area contributed by atoms with Gasteiger partial charge in [-0.2, -0.15) is 4.98 Å². The van der Waals surface area contributed by atoms with E-state index < -0.39 is 0 Å². The van der Waals surface area contributed by atoms with Crippen LogP contribution in [-0.2, 0) is 17.6 Å². The molecule has 3 aromatic heterocycles. The van der Waals surface area contributed by atoms with Crippen molar-refractivity contribution in [3.05, 3.63) is 59.8 Å². The first-order chi connectivity index (χ1) is 14.2. The Bertz CT molecular complexity index is 1190. The zero-order chi connectivity index (χ0) is 19.8. The number of pyridine rings is 1. The third kappa shape index (κ3) is 3.49. The second-order valence-corrected chi connectivity index (χ2v) is 7.24. The quantitative estimate of drug-likeness (QED) is 0.544. The molecule has 0 saturated heterocycles. The lowest BCUT2D eigenvalue weighted by atomic mass is 10.1. The summed E-state index contributed by atoms with van der Waals surface area (Å²) in [5.74, 6) is 1.99. The number of benzene rings is 1. The molecule has 1 aromatic carbocycles. The maximum atomic E-state index is 12.5. The molecule has 1 amide bonds. The SMILES string of the molecule is CCc1cccc(NC(=O)Cc2nnc3c(-c4nc(C5CC5)no4)cccn23)c1. The van der Waals surface area contributed by atoms with E-state index in [1.54, 1.807) is 4.40 Å². The second kappa shape index (κ2) is 7.12. The van der Waals surface area contributed by atoms with Crippen LogP contribution in [0.3, 0.4) is 0 Å². The Morgan fingerprint density at radius 3 is 2.97 bits per heavy atom. The van der Waals surface area contributed by atoms with Gasteiger partial charge in [0.05, 0.1) is 12.0 Å². The van der Waals surface area contributed by atoms with Gasteiger partial charge in [-0.1, -0.05) is 24.2 Å². The number of carbonyl (C=O) groups is 1. The van der Waals surface area contributed by atoms with E-state index in [0.717, 1.165) is 30.8 Å². The Hall–Kier alpha value is -3.55. The highest BCUT2D eigenvalue weighted by atomic mass is 16.5. The molecule has 0 bridgehead atoms. The minimum absolute atomic E-state index is 0.109. The highest BCUT2D eigenvalue weighted by Crippen LogP contribution is 2.39. The summed E-state index contributed by atoms with van der Waals surface area (Å²) < 4.78 is 7.22. The first-order valence-electron chi connectivity index (χ1n) is 9.76. The number of carbonyl (C=O) groups excluding carboxylic acids is 1. The van der Waals surface area contributed by atoms with Crippen LogP contribution >= 0.6 is 0 Å². The molecule has 3 heterocycles. The van der Waals surface area contributed by atoms with Crippen molar-refractivity contribution in [2.45, 2.75) is 38.5 Å². The van der Waals surface area contributed by atoms with Gasteiger partial charge in [0.25, 0.3) is 5.89 Å². The molecule has 8 heteroatoms. The summed E-state index contributed by atoms with van der Waals surface area (Å²) in [6, 6.07) is 11.6. The summed E-state index contributed by atoms with van der Waals surface area (Å²) >= 11 is 0. The average molecular weight is 388 g/mol. The number of anilines is 1. The Kier molecular flexibility index (Phi) is 4.31. The van der Waals surface area contributed by atoms with E-state index in [1.807, 2.05) is 42.6 Å². The molecule has 1 N–H and O–H groups in total. The van der Waals surface area contributed by atoms with E-state index in [1.165, 1.54) is 5.56 Å². The van der Waals surface area contributed by atoms with Gasteiger partial charge < -0.3 is 9.84 Å². The highest BCUT2D eigenvalue weighted by Gasteiger charge is 2.29. The molecule has 4 aromatic rings. The van der Waals surface area contributed by atoms with E-state index >= 15 is 0 Å². The topological polar surface area (TPSA) is 98.2 Å². The number of aryl methyl sites for hydroxylation is 1. The largest absolute Gasteiger partial charge is 0.334 e. The van der Waals surface area contributed by atoms with Crippen LogP contribution in [0.25, 0.3) is 17.1 Å². The smallest absolute Gasteiger partial charge is 0.261 e. The maximum absolute atomic E-state index is 12.5. The van der Waals surface area contributed by atoms with Crippen LogP contribution in [0.2, 0.25) is 0 Å². The monoisotopic (exact) mass is 388 g/mol.